The first-order valence-corrected chi connectivity index (χ1v) is 10.5. The third-order valence-corrected chi connectivity index (χ3v) is 5.74. The van der Waals surface area contributed by atoms with Gasteiger partial charge in [0.15, 0.2) is 5.96 Å². The van der Waals surface area contributed by atoms with Crippen molar-refractivity contribution >= 4 is 17.8 Å². The topological polar surface area (TPSA) is 65.0 Å². The van der Waals surface area contributed by atoms with Crippen molar-refractivity contribution in [1.82, 2.24) is 15.1 Å². The molecule has 6 nitrogen and oxygen atoms in total. The second-order valence-electron chi connectivity index (χ2n) is 7.76. The van der Waals surface area contributed by atoms with Crippen LogP contribution in [0.25, 0.3) is 0 Å². The van der Waals surface area contributed by atoms with Crippen LogP contribution in [0.3, 0.4) is 0 Å². The summed E-state index contributed by atoms with van der Waals surface area (Å²) in [6.07, 6.45) is 2.72. The molecule has 2 saturated heterocycles. The SMILES string of the molecule is CCNC(=NCCN1C(=O)CCCC1=O)N1CCC(c2ccccc2)C(C)C1. The van der Waals surface area contributed by atoms with E-state index in [4.69, 9.17) is 4.99 Å². The van der Waals surface area contributed by atoms with E-state index >= 15 is 0 Å². The molecule has 2 fully saturated rings. The first-order valence-electron chi connectivity index (χ1n) is 10.5. The highest BCUT2D eigenvalue weighted by atomic mass is 16.2. The van der Waals surface area contributed by atoms with Crippen molar-refractivity contribution < 1.29 is 9.59 Å². The molecule has 2 aliphatic heterocycles. The van der Waals surface area contributed by atoms with Crippen molar-refractivity contribution in [3.63, 3.8) is 0 Å². The number of likely N-dealkylation sites (tertiary alicyclic amines) is 2. The molecular weight excluding hydrogens is 352 g/mol. The van der Waals surface area contributed by atoms with Crippen LogP contribution in [0, 0.1) is 5.92 Å². The van der Waals surface area contributed by atoms with Gasteiger partial charge < -0.3 is 10.2 Å². The predicted octanol–water partition coefficient (Wildman–Crippen LogP) is 2.62. The summed E-state index contributed by atoms with van der Waals surface area (Å²) in [5, 5.41) is 3.38. The average Bonchev–Trinajstić information content (AvgIpc) is 2.70. The third kappa shape index (κ3) is 4.91. The average molecular weight is 385 g/mol. The maximum atomic E-state index is 12.0. The van der Waals surface area contributed by atoms with E-state index in [1.807, 2.05) is 0 Å². The zero-order valence-electron chi connectivity index (χ0n) is 17.1. The van der Waals surface area contributed by atoms with Crippen LogP contribution in [0.2, 0.25) is 0 Å². The summed E-state index contributed by atoms with van der Waals surface area (Å²) in [7, 11) is 0. The maximum absolute atomic E-state index is 12.0. The summed E-state index contributed by atoms with van der Waals surface area (Å²) < 4.78 is 0. The minimum absolute atomic E-state index is 0.0613. The monoisotopic (exact) mass is 384 g/mol. The summed E-state index contributed by atoms with van der Waals surface area (Å²) in [5.74, 6) is 1.87. The first-order chi connectivity index (χ1) is 13.6. The second-order valence-corrected chi connectivity index (χ2v) is 7.76. The lowest BCUT2D eigenvalue weighted by molar-refractivity contribution is -0.147. The van der Waals surface area contributed by atoms with Crippen LogP contribution in [0.5, 0.6) is 0 Å². The molecule has 1 aromatic carbocycles. The predicted molar refractivity (Wildman–Crippen MR) is 111 cm³/mol. The van der Waals surface area contributed by atoms with Crippen LogP contribution in [-0.4, -0.2) is 60.3 Å². The number of benzene rings is 1. The van der Waals surface area contributed by atoms with Crippen LogP contribution in [0.15, 0.2) is 35.3 Å². The highest BCUT2D eigenvalue weighted by Crippen LogP contribution is 2.32. The molecule has 28 heavy (non-hydrogen) atoms. The Labute approximate surface area is 168 Å². The van der Waals surface area contributed by atoms with Gasteiger partial charge in [-0.3, -0.25) is 19.5 Å². The van der Waals surface area contributed by atoms with E-state index in [2.05, 4.69) is 54.4 Å². The molecule has 2 heterocycles. The number of carbonyl (C=O) groups excluding carboxylic acids is 2. The number of guanidine groups is 1. The molecule has 2 unspecified atom stereocenters. The molecule has 0 aromatic heterocycles. The van der Waals surface area contributed by atoms with Crippen LogP contribution < -0.4 is 5.32 Å². The molecule has 2 aliphatic rings. The minimum Gasteiger partial charge on any atom is -0.357 e. The van der Waals surface area contributed by atoms with Crippen LogP contribution in [-0.2, 0) is 9.59 Å². The van der Waals surface area contributed by atoms with Crippen LogP contribution in [0.1, 0.15) is 51.0 Å². The Kier molecular flexibility index (Phi) is 7.06. The molecule has 0 saturated carbocycles. The number of amides is 2. The number of imide groups is 1. The van der Waals surface area contributed by atoms with Crippen molar-refractivity contribution in [2.24, 2.45) is 10.9 Å². The molecule has 2 atom stereocenters. The Morgan fingerprint density at radius 1 is 1.18 bits per heavy atom. The van der Waals surface area contributed by atoms with Crippen LogP contribution >= 0.6 is 0 Å². The molecule has 6 heteroatoms. The molecule has 1 N–H and O–H groups in total. The number of hydrogen-bond donors (Lipinski definition) is 1. The van der Waals surface area contributed by atoms with E-state index < -0.39 is 0 Å². The Morgan fingerprint density at radius 3 is 2.54 bits per heavy atom. The van der Waals surface area contributed by atoms with Crippen molar-refractivity contribution in [3.8, 4) is 0 Å². The van der Waals surface area contributed by atoms with Gasteiger partial charge in [0.1, 0.15) is 0 Å². The molecule has 152 valence electrons. The number of nitrogens with one attached hydrogen (secondary N) is 1. The Morgan fingerprint density at radius 2 is 1.89 bits per heavy atom. The molecule has 2 amide bonds. The molecule has 0 spiro atoms. The molecule has 0 radical (unpaired) electrons. The van der Waals surface area contributed by atoms with Gasteiger partial charge in [-0.05, 0) is 37.2 Å². The number of rotatable bonds is 5. The summed E-state index contributed by atoms with van der Waals surface area (Å²) in [6, 6.07) is 10.7. The minimum atomic E-state index is -0.0613. The van der Waals surface area contributed by atoms with Crippen molar-refractivity contribution in [3.05, 3.63) is 35.9 Å². The van der Waals surface area contributed by atoms with E-state index in [0.29, 0.717) is 44.2 Å². The van der Waals surface area contributed by atoms with E-state index in [1.54, 1.807) is 0 Å². The van der Waals surface area contributed by atoms with Gasteiger partial charge in [-0.1, -0.05) is 37.3 Å². The van der Waals surface area contributed by atoms with Gasteiger partial charge in [0, 0.05) is 39.0 Å². The second kappa shape index (κ2) is 9.71. The number of carbonyl (C=O) groups is 2. The van der Waals surface area contributed by atoms with E-state index in [0.717, 1.165) is 32.0 Å². The van der Waals surface area contributed by atoms with E-state index in [1.165, 1.54) is 10.5 Å². The van der Waals surface area contributed by atoms with E-state index in [9.17, 15) is 9.59 Å². The normalized spacial score (nSPS) is 23.9. The van der Waals surface area contributed by atoms with Gasteiger partial charge in [0.2, 0.25) is 11.8 Å². The third-order valence-electron chi connectivity index (χ3n) is 5.74. The molecule has 1 aromatic rings. The van der Waals surface area contributed by atoms with Gasteiger partial charge in [-0.2, -0.15) is 0 Å². The Bertz CT molecular complexity index is 688. The highest BCUT2D eigenvalue weighted by Gasteiger charge is 2.29. The molecule has 0 aliphatic carbocycles. The molecule has 3 rings (SSSR count). The Balaban J connectivity index is 1.60. The van der Waals surface area contributed by atoms with Gasteiger partial charge in [0.25, 0.3) is 0 Å². The van der Waals surface area contributed by atoms with Crippen molar-refractivity contribution in [2.75, 3.05) is 32.7 Å². The van der Waals surface area contributed by atoms with E-state index in [-0.39, 0.29) is 11.8 Å². The zero-order chi connectivity index (χ0) is 19.9. The lowest BCUT2D eigenvalue weighted by Gasteiger charge is -2.39. The maximum Gasteiger partial charge on any atom is 0.229 e. The van der Waals surface area contributed by atoms with Gasteiger partial charge >= 0.3 is 0 Å². The smallest absolute Gasteiger partial charge is 0.229 e. The molecule has 0 bridgehead atoms. The summed E-state index contributed by atoms with van der Waals surface area (Å²) >= 11 is 0. The quantitative estimate of drug-likeness (QED) is 0.481. The van der Waals surface area contributed by atoms with Gasteiger partial charge in [-0.25, -0.2) is 0 Å². The lowest BCUT2D eigenvalue weighted by Crippen LogP contribution is -2.48. The summed E-state index contributed by atoms with van der Waals surface area (Å²) in [4.78, 5) is 32.3. The lowest BCUT2D eigenvalue weighted by atomic mass is 9.82. The van der Waals surface area contributed by atoms with Crippen molar-refractivity contribution in [1.29, 1.82) is 0 Å². The van der Waals surface area contributed by atoms with Gasteiger partial charge in [0.05, 0.1) is 6.54 Å². The standard InChI is InChI=1S/C22H32N4O2/c1-3-23-22(24-13-15-26-20(27)10-7-11-21(26)28)25-14-12-19(17(2)16-25)18-8-5-4-6-9-18/h4-6,8-9,17,19H,3,7,10-16H2,1-2H3,(H,23,24). The summed E-state index contributed by atoms with van der Waals surface area (Å²) in [5.41, 5.74) is 1.42. The molecular formula is C22H32N4O2. The zero-order valence-corrected chi connectivity index (χ0v) is 17.1. The van der Waals surface area contributed by atoms with Gasteiger partial charge in [-0.15, -0.1) is 0 Å². The number of hydrogen-bond acceptors (Lipinski definition) is 3. The number of aliphatic imine (C=N–C) groups is 1. The Hall–Kier alpha value is -2.37. The number of nitrogens with zero attached hydrogens (tertiary/aromatic N) is 3. The van der Waals surface area contributed by atoms with Crippen molar-refractivity contribution in [2.45, 2.75) is 45.4 Å². The fraction of sp³-hybridized carbons (Fsp3) is 0.591. The van der Waals surface area contributed by atoms with Crippen LogP contribution in [0.4, 0.5) is 0 Å². The largest absolute Gasteiger partial charge is 0.357 e. The first kappa shape index (κ1) is 20.4. The fourth-order valence-corrected chi connectivity index (χ4v) is 4.26. The number of piperidine rings is 2. The fourth-order valence-electron chi connectivity index (χ4n) is 4.26. The summed E-state index contributed by atoms with van der Waals surface area (Å²) in [6.45, 7) is 7.90. The highest BCUT2D eigenvalue weighted by molar-refractivity contribution is 5.97.